The van der Waals surface area contributed by atoms with Gasteiger partial charge in [-0.25, -0.2) is 0 Å². The van der Waals surface area contributed by atoms with Crippen LogP contribution in [0.25, 0.3) is 0 Å². The van der Waals surface area contributed by atoms with Gasteiger partial charge < -0.3 is 5.73 Å². The van der Waals surface area contributed by atoms with Crippen molar-refractivity contribution < 1.29 is 0 Å². The normalized spacial score (nSPS) is 12.3. The van der Waals surface area contributed by atoms with Gasteiger partial charge >= 0.3 is 0 Å². The van der Waals surface area contributed by atoms with Gasteiger partial charge in [0.2, 0.25) is 0 Å². The predicted octanol–water partition coefficient (Wildman–Crippen LogP) is 2.73. The van der Waals surface area contributed by atoms with Gasteiger partial charge in [-0.1, -0.05) is 54.6 Å². The Morgan fingerprint density at radius 2 is 1.67 bits per heavy atom. The molecule has 75 valence electrons. The zero-order chi connectivity index (χ0) is 10.5. The second-order valence-electron chi connectivity index (χ2n) is 3.63. The van der Waals surface area contributed by atoms with E-state index in [1.54, 1.807) is 0 Å². The average molecular weight is 196 g/mol. The van der Waals surface area contributed by atoms with E-state index in [2.05, 4.69) is 30.3 Å². The van der Waals surface area contributed by atoms with Gasteiger partial charge in [0, 0.05) is 6.04 Å². The molecule has 0 aliphatic rings. The van der Waals surface area contributed by atoms with Crippen LogP contribution in [0, 0.1) is 6.07 Å². The minimum absolute atomic E-state index is 0.0774. The Morgan fingerprint density at radius 1 is 1.00 bits per heavy atom. The highest BCUT2D eigenvalue weighted by Gasteiger charge is 2.05. The Hall–Kier alpha value is -1.60. The van der Waals surface area contributed by atoms with Crippen LogP contribution >= 0.6 is 0 Å². The molecule has 0 bridgehead atoms. The minimum Gasteiger partial charge on any atom is -0.324 e. The smallest absolute Gasteiger partial charge is 0.0335 e. The van der Waals surface area contributed by atoms with E-state index in [0.29, 0.717) is 0 Å². The Bertz CT molecular complexity index is 394. The fourth-order valence-electron chi connectivity index (χ4n) is 1.63. The minimum atomic E-state index is 0.0774. The molecule has 1 heteroatoms. The third-order valence-electron chi connectivity index (χ3n) is 2.47. The molecule has 0 amide bonds. The highest BCUT2D eigenvalue weighted by atomic mass is 14.6. The molecular formula is C14H14N. The van der Waals surface area contributed by atoms with Crippen molar-refractivity contribution in [2.75, 3.05) is 0 Å². The van der Waals surface area contributed by atoms with E-state index in [1.807, 2.05) is 30.3 Å². The maximum absolute atomic E-state index is 6.12. The molecule has 2 aromatic carbocycles. The molecule has 0 saturated carbocycles. The fourth-order valence-corrected chi connectivity index (χ4v) is 1.63. The Kier molecular flexibility index (Phi) is 3.15. The molecule has 0 aromatic heterocycles. The zero-order valence-electron chi connectivity index (χ0n) is 8.56. The van der Waals surface area contributed by atoms with E-state index in [0.717, 1.165) is 6.42 Å². The Labute approximate surface area is 90.6 Å². The second kappa shape index (κ2) is 4.76. The number of rotatable bonds is 3. The molecular weight excluding hydrogens is 182 g/mol. The molecule has 1 atom stereocenters. The first kappa shape index (κ1) is 9.94. The molecule has 0 spiro atoms. The SMILES string of the molecule is NC(Cc1cc[c]cc1)c1ccccc1. The third kappa shape index (κ3) is 2.67. The third-order valence-corrected chi connectivity index (χ3v) is 2.47. The first-order chi connectivity index (χ1) is 7.36. The van der Waals surface area contributed by atoms with Gasteiger partial charge in [-0.05, 0) is 23.6 Å². The van der Waals surface area contributed by atoms with Gasteiger partial charge in [0.15, 0.2) is 0 Å². The summed E-state index contributed by atoms with van der Waals surface area (Å²) in [4.78, 5) is 0. The summed E-state index contributed by atoms with van der Waals surface area (Å²) in [5, 5.41) is 0. The van der Waals surface area contributed by atoms with E-state index in [-0.39, 0.29) is 6.04 Å². The van der Waals surface area contributed by atoms with Crippen LogP contribution in [-0.4, -0.2) is 0 Å². The van der Waals surface area contributed by atoms with Crippen LogP contribution in [0.1, 0.15) is 17.2 Å². The number of nitrogens with two attached hydrogens (primary N) is 1. The largest absolute Gasteiger partial charge is 0.324 e. The lowest BCUT2D eigenvalue weighted by Crippen LogP contribution is -2.12. The molecule has 2 aromatic rings. The van der Waals surface area contributed by atoms with E-state index in [4.69, 9.17) is 5.73 Å². The van der Waals surface area contributed by atoms with Crippen LogP contribution in [0.3, 0.4) is 0 Å². The van der Waals surface area contributed by atoms with Gasteiger partial charge in [-0.2, -0.15) is 0 Å². The summed E-state index contributed by atoms with van der Waals surface area (Å²) < 4.78 is 0. The first-order valence-electron chi connectivity index (χ1n) is 5.12. The molecule has 0 aliphatic carbocycles. The molecule has 0 fully saturated rings. The van der Waals surface area contributed by atoms with Crippen LogP contribution in [0.15, 0.2) is 54.6 Å². The highest BCUT2D eigenvalue weighted by molar-refractivity contribution is 5.22. The number of benzene rings is 2. The summed E-state index contributed by atoms with van der Waals surface area (Å²) in [6.45, 7) is 0. The van der Waals surface area contributed by atoms with Crippen molar-refractivity contribution in [1.29, 1.82) is 0 Å². The second-order valence-corrected chi connectivity index (χ2v) is 3.63. The molecule has 1 unspecified atom stereocenters. The predicted molar refractivity (Wildman–Crippen MR) is 62.4 cm³/mol. The van der Waals surface area contributed by atoms with Crippen LogP contribution in [-0.2, 0) is 6.42 Å². The monoisotopic (exact) mass is 196 g/mol. The topological polar surface area (TPSA) is 26.0 Å². The van der Waals surface area contributed by atoms with Gasteiger partial charge in [-0.3, -0.25) is 0 Å². The van der Waals surface area contributed by atoms with Crippen molar-refractivity contribution in [3.8, 4) is 0 Å². The van der Waals surface area contributed by atoms with Crippen molar-refractivity contribution in [3.63, 3.8) is 0 Å². The highest BCUT2D eigenvalue weighted by Crippen LogP contribution is 2.14. The standard InChI is InChI=1S/C14H14N/c15-14(13-9-5-2-6-10-13)11-12-7-3-1-4-8-12/h2-10,14H,11,15H2. The number of hydrogen-bond donors (Lipinski definition) is 1. The maximum Gasteiger partial charge on any atom is 0.0335 e. The first-order valence-corrected chi connectivity index (χ1v) is 5.12. The Balaban J connectivity index is 2.08. The molecule has 2 N–H and O–H groups in total. The molecule has 1 nitrogen and oxygen atoms in total. The number of hydrogen-bond acceptors (Lipinski definition) is 1. The molecule has 1 radical (unpaired) electrons. The quantitative estimate of drug-likeness (QED) is 0.802. The summed E-state index contributed by atoms with van der Waals surface area (Å²) in [6.07, 6.45) is 0.874. The molecule has 0 heterocycles. The van der Waals surface area contributed by atoms with Crippen molar-refractivity contribution >= 4 is 0 Å². The molecule has 0 aliphatic heterocycles. The lowest BCUT2D eigenvalue weighted by molar-refractivity contribution is 0.722. The van der Waals surface area contributed by atoms with Crippen LogP contribution < -0.4 is 5.73 Å². The fraction of sp³-hybridized carbons (Fsp3) is 0.143. The summed E-state index contributed by atoms with van der Waals surface area (Å²) in [6, 6.07) is 21.2. The summed E-state index contributed by atoms with van der Waals surface area (Å²) >= 11 is 0. The van der Waals surface area contributed by atoms with E-state index < -0.39 is 0 Å². The average Bonchev–Trinajstić information content (AvgIpc) is 2.31. The lowest BCUT2D eigenvalue weighted by Gasteiger charge is -2.11. The van der Waals surface area contributed by atoms with E-state index >= 15 is 0 Å². The van der Waals surface area contributed by atoms with Crippen molar-refractivity contribution in [1.82, 2.24) is 0 Å². The van der Waals surface area contributed by atoms with Gasteiger partial charge in [-0.15, -0.1) is 0 Å². The summed E-state index contributed by atoms with van der Waals surface area (Å²) in [7, 11) is 0. The van der Waals surface area contributed by atoms with E-state index in [1.165, 1.54) is 11.1 Å². The van der Waals surface area contributed by atoms with Crippen LogP contribution in [0.4, 0.5) is 0 Å². The molecule has 15 heavy (non-hydrogen) atoms. The van der Waals surface area contributed by atoms with Gasteiger partial charge in [0.05, 0.1) is 0 Å². The molecule has 2 rings (SSSR count). The van der Waals surface area contributed by atoms with Gasteiger partial charge in [0.25, 0.3) is 0 Å². The summed E-state index contributed by atoms with van der Waals surface area (Å²) in [5.74, 6) is 0. The Morgan fingerprint density at radius 3 is 2.33 bits per heavy atom. The zero-order valence-corrected chi connectivity index (χ0v) is 8.56. The molecule has 0 saturated heterocycles. The van der Waals surface area contributed by atoms with Crippen molar-refractivity contribution in [2.45, 2.75) is 12.5 Å². The van der Waals surface area contributed by atoms with Crippen LogP contribution in [0.5, 0.6) is 0 Å². The summed E-state index contributed by atoms with van der Waals surface area (Å²) in [5.41, 5.74) is 8.56. The maximum atomic E-state index is 6.12. The van der Waals surface area contributed by atoms with Crippen molar-refractivity contribution in [3.05, 3.63) is 71.8 Å². The van der Waals surface area contributed by atoms with Crippen molar-refractivity contribution in [2.24, 2.45) is 5.73 Å². The van der Waals surface area contributed by atoms with Crippen LogP contribution in [0.2, 0.25) is 0 Å². The van der Waals surface area contributed by atoms with E-state index in [9.17, 15) is 0 Å². The van der Waals surface area contributed by atoms with Gasteiger partial charge in [0.1, 0.15) is 0 Å². The lowest BCUT2D eigenvalue weighted by atomic mass is 10.00.